The predicted octanol–water partition coefficient (Wildman–Crippen LogP) is 3.67. The zero-order chi connectivity index (χ0) is 16.6. The molecule has 2 heterocycles. The molecule has 126 valence electrons. The van der Waals surface area contributed by atoms with E-state index >= 15 is 0 Å². The summed E-state index contributed by atoms with van der Waals surface area (Å²) < 4.78 is 13.2. The van der Waals surface area contributed by atoms with Gasteiger partial charge in [-0.2, -0.15) is 11.3 Å². The molecule has 1 amide bonds. The van der Waals surface area contributed by atoms with Crippen molar-refractivity contribution >= 4 is 17.2 Å². The van der Waals surface area contributed by atoms with Gasteiger partial charge in [-0.1, -0.05) is 0 Å². The average Bonchev–Trinajstić information content (AvgIpc) is 3.04. The van der Waals surface area contributed by atoms with E-state index in [4.69, 9.17) is 0 Å². The fourth-order valence-electron chi connectivity index (χ4n) is 3.89. The number of halogens is 1. The summed E-state index contributed by atoms with van der Waals surface area (Å²) in [4.78, 5) is 15.1. The first kappa shape index (κ1) is 15.8. The van der Waals surface area contributed by atoms with Gasteiger partial charge < -0.3 is 10.2 Å². The molecule has 1 aliphatic heterocycles. The van der Waals surface area contributed by atoms with Crippen LogP contribution in [0.15, 0.2) is 41.1 Å². The number of amides is 1. The summed E-state index contributed by atoms with van der Waals surface area (Å²) in [6.07, 6.45) is 3.36. The monoisotopic (exact) mass is 344 g/mol. The lowest BCUT2D eigenvalue weighted by Crippen LogP contribution is -2.39. The lowest BCUT2D eigenvalue weighted by atomic mass is 9.93. The van der Waals surface area contributed by atoms with Gasteiger partial charge in [0, 0.05) is 18.2 Å². The SMILES string of the molecule is O=C(c1ccc(F)cc1)N(Cc1ccsc1)[C@H]1CC12CCNCC2. The van der Waals surface area contributed by atoms with Crippen molar-refractivity contribution in [2.45, 2.75) is 31.8 Å². The molecule has 0 radical (unpaired) electrons. The summed E-state index contributed by atoms with van der Waals surface area (Å²) in [5.41, 5.74) is 2.03. The van der Waals surface area contributed by atoms with E-state index in [1.807, 2.05) is 10.3 Å². The van der Waals surface area contributed by atoms with Crippen LogP contribution in [0, 0.1) is 11.2 Å². The number of nitrogens with zero attached hydrogens (tertiary/aromatic N) is 1. The van der Waals surface area contributed by atoms with E-state index in [1.165, 1.54) is 17.7 Å². The number of piperidine rings is 1. The summed E-state index contributed by atoms with van der Waals surface area (Å²) in [7, 11) is 0. The predicted molar refractivity (Wildman–Crippen MR) is 93.5 cm³/mol. The van der Waals surface area contributed by atoms with E-state index in [0.717, 1.165) is 32.4 Å². The molecule has 1 atom stereocenters. The van der Waals surface area contributed by atoms with Crippen molar-refractivity contribution in [1.29, 1.82) is 0 Å². The van der Waals surface area contributed by atoms with Gasteiger partial charge in [0.2, 0.25) is 0 Å². The first-order valence-corrected chi connectivity index (χ1v) is 9.41. The third-order valence-electron chi connectivity index (χ3n) is 5.41. The minimum Gasteiger partial charge on any atom is -0.331 e. The van der Waals surface area contributed by atoms with Crippen LogP contribution in [0.5, 0.6) is 0 Å². The Morgan fingerprint density at radius 3 is 2.67 bits per heavy atom. The van der Waals surface area contributed by atoms with Crippen LogP contribution in [0.4, 0.5) is 4.39 Å². The smallest absolute Gasteiger partial charge is 0.254 e. The van der Waals surface area contributed by atoms with Gasteiger partial charge in [0.05, 0.1) is 0 Å². The lowest BCUT2D eigenvalue weighted by Gasteiger charge is -2.29. The van der Waals surface area contributed by atoms with Crippen LogP contribution in [-0.4, -0.2) is 29.9 Å². The van der Waals surface area contributed by atoms with Gasteiger partial charge in [0.1, 0.15) is 5.82 Å². The Hall–Kier alpha value is -1.72. The zero-order valence-corrected chi connectivity index (χ0v) is 14.3. The molecule has 0 unspecified atom stereocenters. The number of nitrogens with one attached hydrogen (secondary N) is 1. The van der Waals surface area contributed by atoms with Gasteiger partial charge in [0.15, 0.2) is 0 Å². The fraction of sp³-hybridized carbons (Fsp3) is 0.421. The normalized spacial score (nSPS) is 21.6. The summed E-state index contributed by atoms with van der Waals surface area (Å²) in [6.45, 7) is 2.71. The number of carbonyl (C=O) groups is 1. The Labute approximate surface area is 145 Å². The zero-order valence-electron chi connectivity index (χ0n) is 13.5. The molecule has 1 aromatic heterocycles. The second kappa shape index (κ2) is 6.30. The Balaban J connectivity index is 1.58. The molecule has 3 nitrogen and oxygen atoms in total. The molecular formula is C19H21FN2OS. The van der Waals surface area contributed by atoms with Gasteiger partial charge in [-0.15, -0.1) is 0 Å². The largest absolute Gasteiger partial charge is 0.331 e. The molecule has 2 fully saturated rings. The first-order chi connectivity index (χ1) is 11.7. The van der Waals surface area contributed by atoms with E-state index in [1.54, 1.807) is 23.5 Å². The third-order valence-corrected chi connectivity index (χ3v) is 6.14. The number of benzene rings is 1. The summed E-state index contributed by atoms with van der Waals surface area (Å²) in [5.74, 6) is -0.293. The van der Waals surface area contributed by atoms with Crippen molar-refractivity contribution in [3.63, 3.8) is 0 Å². The number of hydrogen-bond acceptors (Lipinski definition) is 3. The number of rotatable bonds is 4. The summed E-state index contributed by atoms with van der Waals surface area (Å²) in [6, 6.07) is 8.29. The van der Waals surface area contributed by atoms with Crippen molar-refractivity contribution in [2.24, 2.45) is 5.41 Å². The van der Waals surface area contributed by atoms with Crippen LogP contribution in [0.25, 0.3) is 0 Å². The van der Waals surface area contributed by atoms with E-state index in [0.29, 0.717) is 18.2 Å². The minimum absolute atomic E-state index is 0.0154. The van der Waals surface area contributed by atoms with E-state index < -0.39 is 0 Å². The molecule has 1 saturated carbocycles. The van der Waals surface area contributed by atoms with Crippen LogP contribution >= 0.6 is 11.3 Å². The topological polar surface area (TPSA) is 32.3 Å². The Kier molecular flexibility index (Phi) is 4.14. The van der Waals surface area contributed by atoms with Crippen molar-refractivity contribution in [2.75, 3.05) is 13.1 Å². The summed E-state index contributed by atoms with van der Waals surface area (Å²) in [5, 5.41) is 7.55. The second-order valence-corrected chi connectivity index (χ2v) is 7.68. The van der Waals surface area contributed by atoms with Gasteiger partial charge in [-0.05, 0) is 84.4 Å². The molecule has 0 bridgehead atoms. The molecule has 24 heavy (non-hydrogen) atoms. The molecule has 5 heteroatoms. The maximum atomic E-state index is 13.2. The Morgan fingerprint density at radius 2 is 2.00 bits per heavy atom. The molecular weight excluding hydrogens is 323 g/mol. The molecule has 1 spiro atoms. The Bertz CT molecular complexity index is 707. The highest BCUT2D eigenvalue weighted by Gasteiger charge is 2.57. The van der Waals surface area contributed by atoms with Crippen LogP contribution in [0.1, 0.15) is 35.2 Å². The summed E-state index contributed by atoms with van der Waals surface area (Å²) >= 11 is 1.65. The maximum absolute atomic E-state index is 13.2. The van der Waals surface area contributed by atoms with Crippen molar-refractivity contribution in [3.05, 3.63) is 58.0 Å². The van der Waals surface area contributed by atoms with Crippen LogP contribution in [0.2, 0.25) is 0 Å². The number of carbonyl (C=O) groups excluding carboxylic acids is 1. The van der Waals surface area contributed by atoms with Gasteiger partial charge >= 0.3 is 0 Å². The van der Waals surface area contributed by atoms with Crippen molar-refractivity contribution in [1.82, 2.24) is 10.2 Å². The molecule has 1 aromatic carbocycles. The van der Waals surface area contributed by atoms with Crippen LogP contribution < -0.4 is 5.32 Å². The maximum Gasteiger partial charge on any atom is 0.254 e. The van der Waals surface area contributed by atoms with Crippen LogP contribution in [-0.2, 0) is 6.54 Å². The third kappa shape index (κ3) is 2.98. The van der Waals surface area contributed by atoms with E-state index in [2.05, 4.69) is 16.8 Å². The van der Waals surface area contributed by atoms with Gasteiger partial charge in [-0.3, -0.25) is 4.79 Å². The van der Waals surface area contributed by atoms with E-state index in [9.17, 15) is 9.18 Å². The highest BCUT2D eigenvalue weighted by atomic mass is 32.1. The second-order valence-electron chi connectivity index (χ2n) is 6.90. The molecule has 1 saturated heterocycles. The first-order valence-electron chi connectivity index (χ1n) is 8.46. The standard InChI is InChI=1S/C19H21FN2OS/c20-16-3-1-15(2-4-16)18(23)22(12-14-5-10-24-13-14)17-11-19(17)6-8-21-9-7-19/h1-5,10,13,17,21H,6-9,11-12H2/t17-/m0/s1. The molecule has 1 aliphatic carbocycles. The average molecular weight is 344 g/mol. The highest BCUT2D eigenvalue weighted by Crippen LogP contribution is 2.56. The molecule has 2 aliphatic rings. The van der Waals surface area contributed by atoms with Gasteiger partial charge in [-0.25, -0.2) is 4.39 Å². The molecule has 2 aromatic rings. The lowest BCUT2D eigenvalue weighted by molar-refractivity contribution is 0.0692. The minimum atomic E-state index is -0.308. The quantitative estimate of drug-likeness (QED) is 0.918. The van der Waals surface area contributed by atoms with E-state index in [-0.39, 0.29) is 17.1 Å². The van der Waals surface area contributed by atoms with Gasteiger partial charge in [0.25, 0.3) is 5.91 Å². The Morgan fingerprint density at radius 1 is 1.25 bits per heavy atom. The van der Waals surface area contributed by atoms with Crippen molar-refractivity contribution in [3.8, 4) is 0 Å². The molecule has 1 N–H and O–H groups in total. The number of thiophene rings is 1. The van der Waals surface area contributed by atoms with Crippen molar-refractivity contribution < 1.29 is 9.18 Å². The highest BCUT2D eigenvalue weighted by molar-refractivity contribution is 7.07. The number of hydrogen-bond donors (Lipinski definition) is 1. The molecule has 4 rings (SSSR count). The fourth-order valence-corrected chi connectivity index (χ4v) is 4.55. The van der Waals surface area contributed by atoms with Crippen LogP contribution in [0.3, 0.4) is 0 Å².